The third-order valence-electron chi connectivity index (χ3n) is 6.04. The Morgan fingerprint density at radius 2 is 2.00 bits per heavy atom. The maximum Gasteiger partial charge on any atom is 0.266 e. The van der Waals surface area contributed by atoms with Gasteiger partial charge in [-0.25, -0.2) is 10.0 Å². The predicted octanol–water partition coefficient (Wildman–Crippen LogP) is 4.17. The molecule has 1 fully saturated rings. The fraction of sp³-hybridized carbons (Fsp3) is 0.385. The number of nitrogens with one attached hydrogen (secondary N) is 1. The first kappa shape index (κ1) is 24.4. The molecule has 2 aromatic carbocycles. The summed E-state index contributed by atoms with van der Waals surface area (Å²) in [7, 11) is 0. The van der Waals surface area contributed by atoms with E-state index in [0.29, 0.717) is 31.1 Å². The second kappa shape index (κ2) is 11.2. The highest BCUT2D eigenvalue weighted by Crippen LogP contribution is 2.44. The lowest BCUT2D eigenvalue weighted by Crippen LogP contribution is -2.53. The van der Waals surface area contributed by atoms with Crippen LogP contribution in [-0.4, -0.2) is 53.8 Å². The highest BCUT2D eigenvalue weighted by Gasteiger charge is 2.53. The smallest absolute Gasteiger partial charge is 0.266 e. The van der Waals surface area contributed by atoms with Crippen LogP contribution >= 0.6 is 15.9 Å². The zero-order valence-electron chi connectivity index (χ0n) is 19.1. The van der Waals surface area contributed by atoms with Gasteiger partial charge in [-0.15, -0.1) is 6.58 Å². The second-order valence-corrected chi connectivity index (χ2v) is 9.29. The molecule has 2 atom stereocenters. The van der Waals surface area contributed by atoms with E-state index in [9.17, 15) is 4.79 Å². The first-order valence-electron chi connectivity index (χ1n) is 11.6. The number of ether oxygens (including phenoxy) is 2. The number of hydrazine groups is 1. The molecular weight excluding hydrogens is 498 g/mol. The Balaban J connectivity index is 1.68. The van der Waals surface area contributed by atoms with Crippen LogP contribution in [0.15, 0.2) is 70.7 Å². The van der Waals surface area contributed by atoms with Crippen LogP contribution < -0.4 is 10.2 Å². The molecule has 2 heterocycles. The van der Waals surface area contributed by atoms with Gasteiger partial charge >= 0.3 is 0 Å². The summed E-state index contributed by atoms with van der Waals surface area (Å²) in [5, 5.41) is 10.9. The number of halogens is 1. The van der Waals surface area contributed by atoms with E-state index in [1.165, 1.54) is 0 Å². The van der Waals surface area contributed by atoms with Gasteiger partial charge in [0.25, 0.3) is 5.91 Å². The number of hydrogen-bond donors (Lipinski definition) is 2. The van der Waals surface area contributed by atoms with Crippen molar-refractivity contribution in [3.8, 4) is 5.75 Å². The molecule has 2 aromatic rings. The number of aliphatic hydroxyl groups is 1. The molecule has 0 saturated carbocycles. The fourth-order valence-electron chi connectivity index (χ4n) is 4.27. The molecule has 1 saturated heterocycles. The Morgan fingerprint density at radius 1 is 1.26 bits per heavy atom. The number of amides is 1. The number of benzene rings is 2. The van der Waals surface area contributed by atoms with Crippen molar-refractivity contribution in [2.45, 2.75) is 37.3 Å². The van der Waals surface area contributed by atoms with E-state index in [2.05, 4.69) is 27.9 Å². The maximum absolute atomic E-state index is 13.7. The third kappa shape index (κ3) is 5.19. The zero-order chi connectivity index (χ0) is 24.0. The topological polar surface area (TPSA) is 83.4 Å². The summed E-state index contributed by atoms with van der Waals surface area (Å²) in [6.07, 6.45) is 4.10. The van der Waals surface area contributed by atoms with Crippen molar-refractivity contribution in [1.29, 1.82) is 0 Å². The molecule has 0 bridgehead atoms. The van der Waals surface area contributed by atoms with Crippen molar-refractivity contribution < 1.29 is 19.4 Å². The first-order valence-corrected chi connectivity index (χ1v) is 12.4. The van der Waals surface area contributed by atoms with Crippen molar-refractivity contribution in [2.24, 2.45) is 4.99 Å². The highest BCUT2D eigenvalue weighted by atomic mass is 79.9. The van der Waals surface area contributed by atoms with Crippen LogP contribution in [0, 0.1) is 0 Å². The molecule has 8 heteroatoms. The van der Waals surface area contributed by atoms with Crippen LogP contribution in [0.2, 0.25) is 0 Å². The number of rotatable bonds is 10. The van der Waals surface area contributed by atoms with Crippen LogP contribution in [0.5, 0.6) is 5.75 Å². The van der Waals surface area contributed by atoms with Gasteiger partial charge in [0.15, 0.2) is 11.6 Å². The number of aliphatic imine (C=N–C) groups is 1. The molecule has 0 aliphatic carbocycles. The van der Waals surface area contributed by atoms with Gasteiger partial charge in [-0.05, 0) is 43.2 Å². The molecule has 0 aromatic heterocycles. The molecule has 34 heavy (non-hydrogen) atoms. The Labute approximate surface area is 208 Å². The van der Waals surface area contributed by atoms with Crippen molar-refractivity contribution in [1.82, 2.24) is 10.4 Å². The number of carbonyl (C=O) groups excluding carboxylic acids is 1. The quantitative estimate of drug-likeness (QED) is 0.358. The van der Waals surface area contributed by atoms with Gasteiger partial charge in [0.1, 0.15) is 5.75 Å². The Hall–Kier alpha value is -2.68. The van der Waals surface area contributed by atoms with Gasteiger partial charge in [0.05, 0.1) is 6.61 Å². The summed E-state index contributed by atoms with van der Waals surface area (Å²) >= 11 is 3.63. The Kier molecular flexibility index (Phi) is 8.03. The summed E-state index contributed by atoms with van der Waals surface area (Å²) in [5.74, 6) is 0.900. The van der Waals surface area contributed by atoms with Gasteiger partial charge in [-0.3, -0.25) is 10.2 Å². The van der Waals surface area contributed by atoms with E-state index in [4.69, 9.17) is 19.6 Å². The van der Waals surface area contributed by atoms with Gasteiger partial charge in [-0.1, -0.05) is 40.2 Å². The van der Waals surface area contributed by atoms with Crippen LogP contribution in [0.1, 0.15) is 42.9 Å². The lowest BCUT2D eigenvalue weighted by atomic mass is 9.84. The van der Waals surface area contributed by atoms with Gasteiger partial charge in [-0.2, -0.15) is 0 Å². The van der Waals surface area contributed by atoms with Gasteiger partial charge < -0.3 is 14.6 Å². The molecule has 7 nitrogen and oxygen atoms in total. The SMILES string of the molecule is C=CC[C@]1(C(=O)NN2CCCC2)N=C(c2ccc(OCCCO)cc2)O[C@H]1c1ccccc1Br. The van der Waals surface area contributed by atoms with Crippen molar-refractivity contribution >= 4 is 27.7 Å². The minimum Gasteiger partial charge on any atom is -0.494 e. The monoisotopic (exact) mass is 527 g/mol. The van der Waals surface area contributed by atoms with Crippen LogP contribution in [0.3, 0.4) is 0 Å². The van der Waals surface area contributed by atoms with Gasteiger partial charge in [0, 0.05) is 48.1 Å². The van der Waals surface area contributed by atoms with Crippen molar-refractivity contribution in [3.63, 3.8) is 0 Å². The fourth-order valence-corrected chi connectivity index (χ4v) is 4.76. The lowest BCUT2D eigenvalue weighted by Gasteiger charge is -2.32. The predicted molar refractivity (Wildman–Crippen MR) is 135 cm³/mol. The number of nitrogens with zero attached hydrogens (tertiary/aromatic N) is 2. The largest absolute Gasteiger partial charge is 0.494 e. The normalized spacial score (nSPS) is 22.2. The van der Waals surface area contributed by atoms with Crippen molar-refractivity contribution in [2.75, 3.05) is 26.3 Å². The average Bonchev–Trinajstić information content (AvgIpc) is 3.49. The number of carbonyl (C=O) groups is 1. The molecule has 1 amide bonds. The molecule has 0 unspecified atom stereocenters. The maximum atomic E-state index is 13.7. The van der Waals surface area contributed by atoms with E-state index in [-0.39, 0.29) is 12.5 Å². The molecule has 0 radical (unpaired) electrons. The van der Waals surface area contributed by atoms with E-state index >= 15 is 0 Å². The third-order valence-corrected chi connectivity index (χ3v) is 6.76. The molecule has 180 valence electrons. The number of aliphatic hydroxyl groups excluding tert-OH is 1. The van der Waals surface area contributed by atoms with Crippen molar-refractivity contribution in [3.05, 3.63) is 76.8 Å². The van der Waals surface area contributed by atoms with E-state index < -0.39 is 11.6 Å². The molecular formula is C26H30BrN3O4. The zero-order valence-corrected chi connectivity index (χ0v) is 20.7. The summed E-state index contributed by atoms with van der Waals surface area (Å²) in [6, 6.07) is 15.2. The minimum absolute atomic E-state index is 0.0873. The van der Waals surface area contributed by atoms with Crippen LogP contribution in [-0.2, 0) is 9.53 Å². The molecule has 4 rings (SSSR count). The van der Waals surface area contributed by atoms with Crippen LogP contribution in [0.25, 0.3) is 0 Å². The minimum atomic E-state index is -1.19. The summed E-state index contributed by atoms with van der Waals surface area (Å²) in [6.45, 7) is 6.09. The Bertz CT molecular complexity index is 1040. The summed E-state index contributed by atoms with van der Waals surface area (Å²) in [5.41, 5.74) is 3.49. The van der Waals surface area contributed by atoms with E-state index in [0.717, 1.165) is 41.5 Å². The molecule has 0 spiro atoms. The number of hydrogen-bond acceptors (Lipinski definition) is 6. The second-order valence-electron chi connectivity index (χ2n) is 8.44. The van der Waals surface area contributed by atoms with Crippen LogP contribution in [0.4, 0.5) is 0 Å². The summed E-state index contributed by atoms with van der Waals surface area (Å²) in [4.78, 5) is 18.7. The van der Waals surface area contributed by atoms with Gasteiger partial charge in [0.2, 0.25) is 5.90 Å². The molecule has 2 N–H and O–H groups in total. The lowest BCUT2D eigenvalue weighted by molar-refractivity contribution is -0.133. The Morgan fingerprint density at radius 3 is 2.68 bits per heavy atom. The standard InChI is InChI=1S/C26H30BrN3O4/c1-2-14-26(25(32)29-30-15-5-6-16-30)23(21-8-3-4-9-22(21)27)34-24(28-26)19-10-12-20(13-11-19)33-18-7-17-31/h2-4,8-13,23,31H,1,5-7,14-18H2,(H,29,32)/t23-,26-/m0/s1. The van der Waals surface area contributed by atoms with E-state index in [1.54, 1.807) is 6.08 Å². The average molecular weight is 528 g/mol. The summed E-state index contributed by atoms with van der Waals surface area (Å²) < 4.78 is 12.9. The van der Waals surface area contributed by atoms with E-state index in [1.807, 2.05) is 53.5 Å². The highest BCUT2D eigenvalue weighted by molar-refractivity contribution is 9.10. The molecule has 2 aliphatic rings. The first-order chi connectivity index (χ1) is 16.6. The molecule has 2 aliphatic heterocycles.